The van der Waals surface area contributed by atoms with Crippen LogP contribution in [0.15, 0.2) is 53.1 Å². The van der Waals surface area contributed by atoms with Crippen LogP contribution in [0.2, 0.25) is 0 Å². The molecule has 3 heterocycles. The normalized spacial score (nSPS) is 19.4. The predicted octanol–water partition coefficient (Wildman–Crippen LogP) is 5.90. The molecule has 0 fully saturated rings. The van der Waals surface area contributed by atoms with Crippen molar-refractivity contribution in [2.75, 3.05) is 10.6 Å². The SMILES string of the molecule is CC[C@H](C)c1ccc(NC(=O)c2cc3n(n2)[C@H](C(F)(F)F)C[C@H](c2ccco2)N3)cc1. The molecule has 3 atom stereocenters. The first-order valence-electron chi connectivity index (χ1n) is 10.1. The molecule has 1 aliphatic heterocycles. The third-order valence-corrected chi connectivity index (χ3v) is 5.66. The van der Waals surface area contributed by atoms with E-state index in [2.05, 4.69) is 29.6 Å². The van der Waals surface area contributed by atoms with Crippen molar-refractivity contribution in [2.24, 2.45) is 0 Å². The number of rotatable bonds is 5. The Kier molecular flexibility index (Phi) is 5.51. The fraction of sp³-hybridized carbons (Fsp3) is 0.364. The maximum absolute atomic E-state index is 13.7. The number of nitrogens with zero attached hydrogens (tertiary/aromatic N) is 2. The van der Waals surface area contributed by atoms with Crippen molar-refractivity contribution in [3.63, 3.8) is 0 Å². The highest BCUT2D eigenvalue weighted by atomic mass is 19.4. The van der Waals surface area contributed by atoms with Crippen LogP contribution in [0.25, 0.3) is 0 Å². The zero-order chi connectivity index (χ0) is 22.2. The molecule has 31 heavy (non-hydrogen) atoms. The second-order valence-electron chi connectivity index (χ2n) is 7.75. The number of alkyl halides is 3. The zero-order valence-electron chi connectivity index (χ0n) is 17.1. The van der Waals surface area contributed by atoms with Crippen molar-refractivity contribution in [3.8, 4) is 0 Å². The van der Waals surface area contributed by atoms with Crippen LogP contribution in [0.4, 0.5) is 24.7 Å². The molecule has 4 rings (SSSR count). The van der Waals surface area contributed by atoms with Crippen LogP contribution in [0.1, 0.15) is 66.5 Å². The molecule has 0 unspecified atom stereocenters. The number of hydrogen-bond acceptors (Lipinski definition) is 4. The minimum Gasteiger partial charge on any atom is -0.467 e. The van der Waals surface area contributed by atoms with Crippen LogP contribution in [-0.4, -0.2) is 21.9 Å². The minimum atomic E-state index is -4.52. The number of hydrogen-bond donors (Lipinski definition) is 2. The lowest BCUT2D eigenvalue weighted by molar-refractivity contribution is -0.174. The quantitative estimate of drug-likeness (QED) is 0.526. The van der Waals surface area contributed by atoms with Gasteiger partial charge in [-0.2, -0.15) is 18.3 Å². The Labute approximate surface area is 177 Å². The summed E-state index contributed by atoms with van der Waals surface area (Å²) < 4.78 is 47.2. The Morgan fingerprint density at radius 3 is 2.68 bits per heavy atom. The van der Waals surface area contributed by atoms with Crippen molar-refractivity contribution in [1.29, 1.82) is 0 Å². The lowest BCUT2D eigenvalue weighted by Crippen LogP contribution is -2.35. The van der Waals surface area contributed by atoms with E-state index in [4.69, 9.17) is 4.42 Å². The number of fused-ring (bicyclic) bond motifs is 1. The number of carbonyl (C=O) groups is 1. The van der Waals surface area contributed by atoms with Crippen LogP contribution in [-0.2, 0) is 0 Å². The standard InChI is InChI=1S/C22H23F3N4O2/c1-3-13(2)14-6-8-15(9-7-14)26-21(30)17-12-20-27-16(18-5-4-10-31-18)11-19(22(23,24)25)29(20)28-17/h4-10,12-13,16,19,27H,3,11H2,1-2H3,(H,26,30)/t13-,16+,19-/m0/s1. The largest absolute Gasteiger partial charge is 0.467 e. The van der Waals surface area contributed by atoms with Crippen LogP contribution in [0, 0.1) is 0 Å². The molecule has 9 heteroatoms. The molecular formula is C22H23F3N4O2. The number of benzene rings is 1. The van der Waals surface area contributed by atoms with Gasteiger partial charge in [0.15, 0.2) is 11.7 Å². The zero-order valence-corrected chi connectivity index (χ0v) is 17.1. The highest BCUT2D eigenvalue weighted by Gasteiger charge is 2.47. The minimum absolute atomic E-state index is 0.0946. The first-order valence-corrected chi connectivity index (χ1v) is 10.1. The summed E-state index contributed by atoms with van der Waals surface area (Å²) in [5.74, 6) is 0.342. The van der Waals surface area contributed by atoms with Gasteiger partial charge < -0.3 is 15.1 Å². The van der Waals surface area contributed by atoms with E-state index in [1.54, 1.807) is 24.3 Å². The predicted molar refractivity (Wildman–Crippen MR) is 110 cm³/mol. The number of aromatic nitrogens is 2. The van der Waals surface area contributed by atoms with E-state index in [9.17, 15) is 18.0 Å². The Bertz CT molecular complexity index is 1040. The number of amides is 1. The number of nitrogens with one attached hydrogen (secondary N) is 2. The summed E-state index contributed by atoms with van der Waals surface area (Å²) in [5, 5.41) is 9.66. The van der Waals surface area contributed by atoms with Crippen LogP contribution >= 0.6 is 0 Å². The van der Waals surface area contributed by atoms with Crippen molar-refractivity contribution in [2.45, 2.75) is 50.9 Å². The summed E-state index contributed by atoms with van der Waals surface area (Å²) in [6.07, 6.45) is -2.40. The van der Waals surface area contributed by atoms with Crippen LogP contribution in [0.3, 0.4) is 0 Å². The Morgan fingerprint density at radius 1 is 1.32 bits per heavy atom. The molecule has 2 N–H and O–H groups in total. The Hall–Kier alpha value is -3.23. The molecule has 0 bridgehead atoms. The average Bonchev–Trinajstić information content (AvgIpc) is 3.42. The lowest BCUT2D eigenvalue weighted by atomic mass is 9.99. The van der Waals surface area contributed by atoms with E-state index < -0.39 is 24.2 Å². The third-order valence-electron chi connectivity index (χ3n) is 5.66. The molecule has 0 aliphatic carbocycles. The second-order valence-corrected chi connectivity index (χ2v) is 7.75. The van der Waals surface area contributed by atoms with Crippen molar-refractivity contribution in [1.82, 2.24) is 9.78 Å². The van der Waals surface area contributed by atoms with E-state index in [-0.39, 0.29) is 17.9 Å². The maximum atomic E-state index is 13.7. The smallest absolute Gasteiger partial charge is 0.410 e. The maximum Gasteiger partial charge on any atom is 0.410 e. The number of carbonyl (C=O) groups excluding carboxylic acids is 1. The van der Waals surface area contributed by atoms with Gasteiger partial charge in [0.05, 0.1) is 12.3 Å². The second kappa shape index (κ2) is 8.13. The van der Waals surface area contributed by atoms with Gasteiger partial charge in [-0.05, 0) is 42.2 Å². The highest BCUT2D eigenvalue weighted by molar-refractivity contribution is 6.03. The van der Waals surface area contributed by atoms with Gasteiger partial charge in [0.25, 0.3) is 5.91 Å². The summed E-state index contributed by atoms with van der Waals surface area (Å²) in [6, 6.07) is 9.44. The van der Waals surface area contributed by atoms with E-state index in [0.717, 1.165) is 16.7 Å². The number of anilines is 2. The fourth-order valence-corrected chi connectivity index (χ4v) is 3.69. The average molecular weight is 432 g/mol. The monoisotopic (exact) mass is 432 g/mol. The molecule has 164 valence electrons. The molecule has 1 aliphatic rings. The van der Waals surface area contributed by atoms with E-state index in [1.165, 1.54) is 12.3 Å². The van der Waals surface area contributed by atoms with Crippen LogP contribution in [0.5, 0.6) is 0 Å². The number of halogens is 3. The van der Waals surface area contributed by atoms with Gasteiger partial charge in [-0.1, -0.05) is 26.0 Å². The van der Waals surface area contributed by atoms with Crippen molar-refractivity contribution < 1.29 is 22.4 Å². The lowest BCUT2D eigenvalue weighted by Gasteiger charge is -2.32. The van der Waals surface area contributed by atoms with Crippen LogP contribution < -0.4 is 10.6 Å². The molecule has 0 radical (unpaired) electrons. The van der Waals surface area contributed by atoms with Gasteiger partial charge in [0.1, 0.15) is 11.6 Å². The van der Waals surface area contributed by atoms with Gasteiger partial charge >= 0.3 is 6.18 Å². The van der Waals surface area contributed by atoms with Gasteiger partial charge in [-0.15, -0.1) is 0 Å². The molecule has 0 saturated carbocycles. The molecular weight excluding hydrogens is 409 g/mol. The van der Waals surface area contributed by atoms with Gasteiger partial charge in [-0.3, -0.25) is 4.79 Å². The van der Waals surface area contributed by atoms with Gasteiger partial charge in [0, 0.05) is 18.2 Å². The summed E-state index contributed by atoms with van der Waals surface area (Å²) in [6.45, 7) is 4.21. The highest BCUT2D eigenvalue weighted by Crippen LogP contribution is 2.43. The number of furan rings is 1. The molecule has 0 saturated heterocycles. The summed E-state index contributed by atoms with van der Waals surface area (Å²) in [5.41, 5.74) is 1.61. The van der Waals surface area contributed by atoms with E-state index in [1.807, 2.05) is 12.1 Å². The fourth-order valence-electron chi connectivity index (χ4n) is 3.69. The molecule has 1 aromatic carbocycles. The first-order chi connectivity index (χ1) is 14.8. The first kappa shape index (κ1) is 21.0. The molecule has 2 aromatic heterocycles. The topological polar surface area (TPSA) is 72.1 Å². The van der Waals surface area contributed by atoms with E-state index in [0.29, 0.717) is 17.4 Å². The molecule has 0 spiro atoms. The summed E-state index contributed by atoms with van der Waals surface area (Å²) >= 11 is 0. The summed E-state index contributed by atoms with van der Waals surface area (Å²) in [7, 11) is 0. The van der Waals surface area contributed by atoms with Gasteiger partial charge in [0.2, 0.25) is 0 Å². The third kappa shape index (κ3) is 4.30. The molecule has 6 nitrogen and oxygen atoms in total. The van der Waals surface area contributed by atoms with Crippen molar-refractivity contribution >= 4 is 17.4 Å². The molecule has 1 amide bonds. The molecule has 3 aromatic rings. The van der Waals surface area contributed by atoms with E-state index >= 15 is 0 Å². The van der Waals surface area contributed by atoms with Crippen molar-refractivity contribution in [3.05, 3.63) is 65.7 Å². The van der Waals surface area contributed by atoms with Gasteiger partial charge in [-0.25, -0.2) is 4.68 Å². The Morgan fingerprint density at radius 2 is 2.06 bits per heavy atom. The Balaban J connectivity index is 1.56. The summed E-state index contributed by atoms with van der Waals surface area (Å²) in [4.78, 5) is 12.7.